The van der Waals surface area contributed by atoms with Gasteiger partial charge in [-0.15, -0.1) is 0 Å². The monoisotopic (exact) mass is 241 g/mol. The van der Waals surface area contributed by atoms with Crippen molar-refractivity contribution < 1.29 is 4.42 Å². The molecule has 3 rings (SSSR count). The molecule has 1 nitrogen and oxygen atoms in total. The van der Waals surface area contributed by atoms with E-state index in [1.807, 2.05) is 60.7 Å². The minimum Gasteiger partial charge on any atom is -0.207 e. The average Bonchev–Trinajstić information content (AvgIpc) is 2.39. The molecule has 0 aliphatic rings. The molecule has 2 heteroatoms. The van der Waals surface area contributed by atoms with Gasteiger partial charge in [-0.1, -0.05) is 29.8 Å². The predicted molar refractivity (Wildman–Crippen MR) is 71.1 cm³/mol. The van der Waals surface area contributed by atoms with Crippen LogP contribution in [-0.4, -0.2) is 0 Å². The number of rotatable bonds is 1. The number of benzene rings is 2. The van der Waals surface area contributed by atoms with Crippen molar-refractivity contribution in [3.05, 3.63) is 65.7 Å². The number of halogens is 1. The summed E-state index contributed by atoms with van der Waals surface area (Å²) in [5.74, 6) is 0.862. The van der Waals surface area contributed by atoms with Crippen LogP contribution in [-0.2, 0) is 0 Å². The molecule has 1 heterocycles. The van der Waals surface area contributed by atoms with Crippen molar-refractivity contribution in [3.8, 4) is 11.3 Å². The molecule has 0 aliphatic heterocycles. The molecule has 82 valence electrons. The van der Waals surface area contributed by atoms with E-state index in [1.165, 1.54) is 0 Å². The van der Waals surface area contributed by atoms with Crippen LogP contribution in [0.1, 0.15) is 0 Å². The lowest BCUT2D eigenvalue weighted by Gasteiger charge is -1.93. The first kappa shape index (κ1) is 10.3. The smallest absolute Gasteiger partial charge is 0.207 e. The van der Waals surface area contributed by atoms with Crippen LogP contribution >= 0.6 is 11.6 Å². The molecule has 3 aromatic rings. The molecule has 0 unspecified atom stereocenters. The summed E-state index contributed by atoms with van der Waals surface area (Å²) in [5, 5.41) is 1.73. The second-order valence-electron chi connectivity index (χ2n) is 3.85. The zero-order valence-corrected chi connectivity index (χ0v) is 9.82. The average molecular weight is 242 g/mol. The van der Waals surface area contributed by atoms with Crippen LogP contribution in [0.2, 0.25) is 5.02 Å². The van der Waals surface area contributed by atoms with E-state index in [2.05, 4.69) is 0 Å². The summed E-state index contributed by atoms with van der Waals surface area (Å²) < 4.78 is 5.84. The third kappa shape index (κ3) is 2.02. The van der Waals surface area contributed by atoms with Gasteiger partial charge in [-0.25, -0.2) is 4.42 Å². The minimum absolute atomic E-state index is 0.722. The molecule has 0 saturated heterocycles. The molecule has 2 aromatic carbocycles. The molecule has 0 atom stereocenters. The molecule has 0 fully saturated rings. The molecule has 0 spiro atoms. The Hall–Kier alpha value is -1.86. The van der Waals surface area contributed by atoms with Gasteiger partial charge in [-0.2, -0.15) is 0 Å². The highest BCUT2D eigenvalue weighted by Crippen LogP contribution is 2.25. The maximum absolute atomic E-state index is 5.93. The van der Waals surface area contributed by atoms with E-state index in [0.29, 0.717) is 0 Å². The molecule has 1 aromatic heterocycles. The molecule has 0 N–H and O–H groups in total. The lowest BCUT2D eigenvalue weighted by molar-refractivity contribution is 0.620. The maximum atomic E-state index is 5.93. The summed E-state index contributed by atoms with van der Waals surface area (Å²) in [6, 6.07) is 19.7. The van der Waals surface area contributed by atoms with Crippen molar-refractivity contribution in [2.24, 2.45) is 0 Å². The van der Waals surface area contributed by atoms with Crippen LogP contribution in [0.5, 0.6) is 0 Å². The Balaban J connectivity index is 2.17. The molecule has 0 radical (unpaired) electrons. The van der Waals surface area contributed by atoms with Gasteiger partial charge in [-0.05, 0) is 30.3 Å². The lowest BCUT2D eigenvalue weighted by Crippen LogP contribution is -1.78. The lowest BCUT2D eigenvalue weighted by atomic mass is 10.1. The van der Waals surface area contributed by atoms with Gasteiger partial charge in [0.1, 0.15) is 0 Å². The van der Waals surface area contributed by atoms with E-state index in [9.17, 15) is 0 Å². The summed E-state index contributed by atoms with van der Waals surface area (Å²) in [4.78, 5) is 0. The third-order valence-corrected chi connectivity index (χ3v) is 2.90. The molecule has 0 aliphatic carbocycles. The van der Waals surface area contributed by atoms with Crippen molar-refractivity contribution in [1.82, 2.24) is 0 Å². The maximum Gasteiger partial charge on any atom is 0.360 e. The highest BCUT2D eigenvalue weighted by molar-refractivity contribution is 6.31. The molecule has 17 heavy (non-hydrogen) atoms. The van der Waals surface area contributed by atoms with Gasteiger partial charge in [-0.3, -0.25) is 0 Å². The molecule has 0 amide bonds. The normalized spacial score (nSPS) is 10.6. The Labute approximate surface area is 104 Å². The number of hydrogen-bond acceptors (Lipinski definition) is 0. The highest BCUT2D eigenvalue weighted by Gasteiger charge is 2.13. The van der Waals surface area contributed by atoms with E-state index >= 15 is 0 Å². The fourth-order valence-electron chi connectivity index (χ4n) is 1.82. The Morgan fingerprint density at radius 2 is 1.65 bits per heavy atom. The topological polar surface area (TPSA) is 11.3 Å². The summed E-state index contributed by atoms with van der Waals surface area (Å²) >= 11 is 5.93. The van der Waals surface area contributed by atoms with E-state index in [0.717, 1.165) is 27.3 Å². The SMILES string of the molecule is Clc1ccc2[o+]c(-c3ccccc3)ccc2c1. The van der Waals surface area contributed by atoms with Gasteiger partial charge >= 0.3 is 11.3 Å². The van der Waals surface area contributed by atoms with Crippen LogP contribution in [0.15, 0.2) is 65.1 Å². The van der Waals surface area contributed by atoms with Crippen LogP contribution < -0.4 is 0 Å². The predicted octanol–water partition coefficient (Wildman–Crippen LogP) is 5.03. The largest absolute Gasteiger partial charge is 0.360 e. The highest BCUT2D eigenvalue weighted by atomic mass is 35.5. The van der Waals surface area contributed by atoms with E-state index in [4.69, 9.17) is 16.0 Å². The Morgan fingerprint density at radius 1 is 0.824 bits per heavy atom. The summed E-state index contributed by atoms with van der Waals surface area (Å²) in [7, 11) is 0. The van der Waals surface area contributed by atoms with Crippen LogP contribution in [0.4, 0.5) is 0 Å². The fourth-order valence-corrected chi connectivity index (χ4v) is 2.00. The summed E-state index contributed by atoms with van der Waals surface area (Å²) in [5.41, 5.74) is 1.92. The quantitative estimate of drug-likeness (QED) is 0.544. The second-order valence-corrected chi connectivity index (χ2v) is 4.28. The van der Waals surface area contributed by atoms with Crippen LogP contribution in [0.3, 0.4) is 0 Å². The van der Waals surface area contributed by atoms with Crippen molar-refractivity contribution in [1.29, 1.82) is 0 Å². The Bertz CT molecular complexity index is 662. The minimum atomic E-state index is 0.722. The van der Waals surface area contributed by atoms with Gasteiger partial charge < -0.3 is 0 Å². The van der Waals surface area contributed by atoms with Crippen molar-refractivity contribution in [2.75, 3.05) is 0 Å². The first-order valence-corrected chi connectivity index (χ1v) is 5.78. The molecular formula is C15H10ClO+. The summed E-state index contributed by atoms with van der Waals surface area (Å²) in [6.07, 6.45) is 0. The van der Waals surface area contributed by atoms with E-state index < -0.39 is 0 Å². The first-order chi connectivity index (χ1) is 8.33. The number of fused-ring (bicyclic) bond motifs is 1. The van der Waals surface area contributed by atoms with E-state index in [1.54, 1.807) is 0 Å². The first-order valence-electron chi connectivity index (χ1n) is 5.41. The standard InChI is InChI=1S/C15H10ClO/c16-13-7-9-15-12(10-13)6-8-14(17-15)11-4-2-1-3-5-11/h1-10H/q+1. The fraction of sp³-hybridized carbons (Fsp3) is 0. The molecular weight excluding hydrogens is 232 g/mol. The van der Waals surface area contributed by atoms with Crippen LogP contribution in [0.25, 0.3) is 22.3 Å². The van der Waals surface area contributed by atoms with Gasteiger partial charge in [0.05, 0.1) is 10.9 Å². The van der Waals surface area contributed by atoms with Gasteiger partial charge in [0.15, 0.2) is 0 Å². The van der Waals surface area contributed by atoms with Gasteiger partial charge in [0.25, 0.3) is 0 Å². The van der Waals surface area contributed by atoms with Gasteiger partial charge in [0.2, 0.25) is 0 Å². The Kier molecular flexibility index (Phi) is 2.54. The zero-order chi connectivity index (χ0) is 11.7. The second kappa shape index (κ2) is 4.19. The zero-order valence-electron chi connectivity index (χ0n) is 9.06. The van der Waals surface area contributed by atoms with Crippen molar-refractivity contribution in [2.45, 2.75) is 0 Å². The van der Waals surface area contributed by atoms with Crippen LogP contribution in [0, 0.1) is 0 Å². The summed E-state index contributed by atoms with van der Waals surface area (Å²) in [6.45, 7) is 0. The van der Waals surface area contributed by atoms with E-state index in [-0.39, 0.29) is 0 Å². The Morgan fingerprint density at radius 3 is 2.47 bits per heavy atom. The molecule has 0 bridgehead atoms. The number of hydrogen-bond donors (Lipinski definition) is 0. The molecule has 0 saturated carbocycles. The van der Waals surface area contributed by atoms with Gasteiger partial charge in [0, 0.05) is 17.2 Å². The van der Waals surface area contributed by atoms with Crippen molar-refractivity contribution in [3.63, 3.8) is 0 Å². The third-order valence-electron chi connectivity index (χ3n) is 2.66. The van der Waals surface area contributed by atoms with Crippen molar-refractivity contribution >= 4 is 22.6 Å².